The third kappa shape index (κ3) is 2.99. The normalized spacial score (nSPS) is 13.7. The molecule has 5 rings (SSSR count). The molecule has 1 N–H and O–H groups in total. The number of nitrogens with zero attached hydrogens (tertiary/aromatic N) is 4. The Bertz CT molecular complexity index is 1130. The van der Waals surface area contributed by atoms with Crippen LogP contribution in [-0.2, 0) is 12.8 Å². The van der Waals surface area contributed by atoms with Gasteiger partial charge in [0.25, 0.3) is 0 Å². The second-order valence-electron chi connectivity index (χ2n) is 6.80. The number of hydrogen-bond acceptors (Lipinski definition) is 5. The highest BCUT2D eigenvalue weighted by Gasteiger charge is 2.20. The van der Waals surface area contributed by atoms with E-state index >= 15 is 0 Å². The Kier molecular flexibility index (Phi) is 4.10. The SMILES string of the molecule is Cc1cc(Nc2ncnc3sc4c(c23)CCCC4)n(-c2ccc(Cl)cc2)n1. The Labute approximate surface area is 166 Å². The minimum Gasteiger partial charge on any atom is -0.324 e. The molecular weight excluding hydrogens is 378 g/mol. The van der Waals surface area contributed by atoms with Crippen molar-refractivity contribution < 1.29 is 0 Å². The zero-order valence-electron chi connectivity index (χ0n) is 14.9. The van der Waals surface area contributed by atoms with Gasteiger partial charge in [0.15, 0.2) is 0 Å². The van der Waals surface area contributed by atoms with E-state index in [1.807, 2.05) is 41.9 Å². The summed E-state index contributed by atoms with van der Waals surface area (Å²) in [4.78, 5) is 11.6. The summed E-state index contributed by atoms with van der Waals surface area (Å²) in [5, 5.41) is 10.0. The lowest BCUT2D eigenvalue weighted by atomic mass is 9.97. The van der Waals surface area contributed by atoms with Crippen molar-refractivity contribution in [2.75, 3.05) is 5.32 Å². The van der Waals surface area contributed by atoms with Crippen molar-refractivity contribution in [1.82, 2.24) is 19.7 Å². The molecule has 0 saturated carbocycles. The summed E-state index contributed by atoms with van der Waals surface area (Å²) in [5.74, 6) is 1.74. The lowest BCUT2D eigenvalue weighted by molar-refractivity contribution is 0.700. The molecule has 0 atom stereocenters. The number of rotatable bonds is 3. The maximum atomic E-state index is 6.03. The largest absolute Gasteiger partial charge is 0.324 e. The van der Waals surface area contributed by atoms with E-state index in [9.17, 15) is 0 Å². The van der Waals surface area contributed by atoms with E-state index in [1.54, 1.807) is 17.7 Å². The van der Waals surface area contributed by atoms with Crippen molar-refractivity contribution in [3.8, 4) is 5.69 Å². The van der Waals surface area contributed by atoms with Crippen LogP contribution >= 0.6 is 22.9 Å². The summed E-state index contributed by atoms with van der Waals surface area (Å²) >= 11 is 7.84. The number of aryl methyl sites for hydroxylation is 3. The van der Waals surface area contributed by atoms with Crippen molar-refractivity contribution in [2.45, 2.75) is 32.6 Å². The fourth-order valence-corrected chi connectivity index (χ4v) is 5.03. The molecule has 0 bridgehead atoms. The Hall–Kier alpha value is -2.44. The van der Waals surface area contributed by atoms with Gasteiger partial charge in [0.2, 0.25) is 0 Å². The standard InChI is InChI=1S/C20H18ClN5S/c1-12-10-17(26(25-12)14-8-6-13(21)7-9-14)24-19-18-15-4-2-3-5-16(15)27-20(18)23-11-22-19/h6-11H,2-5H2,1H3,(H,22,23,24). The summed E-state index contributed by atoms with van der Waals surface area (Å²) in [6, 6.07) is 9.69. The Balaban J connectivity index is 1.60. The van der Waals surface area contributed by atoms with E-state index in [0.717, 1.165) is 40.7 Å². The molecule has 5 nitrogen and oxygen atoms in total. The van der Waals surface area contributed by atoms with Crippen molar-refractivity contribution in [3.63, 3.8) is 0 Å². The predicted molar refractivity (Wildman–Crippen MR) is 111 cm³/mol. The van der Waals surface area contributed by atoms with Crippen molar-refractivity contribution in [1.29, 1.82) is 0 Å². The number of hydrogen-bond donors (Lipinski definition) is 1. The van der Waals surface area contributed by atoms with Crippen LogP contribution in [0.1, 0.15) is 29.0 Å². The minimum atomic E-state index is 0.708. The van der Waals surface area contributed by atoms with Crippen LogP contribution < -0.4 is 5.32 Å². The molecule has 27 heavy (non-hydrogen) atoms. The van der Waals surface area contributed by atoms with Crippen LogP contribution in [0.2, 0.25) is 5.02 Å². The van der Waals surface area contributed by atoms with Gasteiger partial charge in [-0.3, -0.25) is 0 Å². The summed E-state index contributed by atoms with van der Waals surface area (Å²) in [5.41, 5.74) is 3.30. The van der Waals surface area contributed by atoms with Crippen LogP contribution in [0.3, 0.4) is 0 Å². The van der Waals surface area contributed by atoms with Gasteiger partial charge in [-0.15, -0.1) is 11.3 Å². The van der Waals surface area contributed by atoms with Gasteiger partial charge in [-0.1, -0.05) is 11.6 Å². The Morgan fingerprint density at radius 2 is 1.93 bits per heavy atom. The number of fused-ring (bicyclic) bond motifs is 3. The molecule has 0 aliphatic heterocycles. The first-order chi connectivity index (χ1) is 13.2. The van der Waals surface area contributed by atoms with Gasteiger partial charge < -0.3 is 5.32 Å². The molecule has 4 aromatic rings. The van der Waals surface area contributed by atoms with Gasteiger partial charge in [0, 0.05) is 16.0 Å². The van der Waals surface area contributed by atoms with Crippen LogP contribution in [0.5, 0.6) is 0 Å². The molecule has 0 saturated heterocycles. The first-order valence-corrected chi connectivity index (χ1v) is 10.2. The number of nitrogens with one attached hydrogen (secondary N) is 1. The van der Waals surface area contributed by atoms with Gasteiger partial charge in [0.05, 0.1) is 16.8 Å². The fourth-order valence-electron chi connectivity index (χ4n) is 3.67. The highest BCUT2D eigenvalue weighted by molar-refractivity contribution is 7.19. The number of halogens is 1. The number of benzene rings is 1. The number of thiophene rings is 1. The molecule has 0 amide bonds. The summed E-state index contributed by atoms with van der Waals surface area (Å²) < 4.78 is 1.89. The van der Waals surface area contributed by atoms with Crippen LogP contribution in [0.15, 0.2) is 36.7 Å². The quantitative estimate of drug-likeness (QED) is 0.500. The molecule has 0 spiro atoms. The van der Waals surface area contributed by atoms with Crippen LogP contribution in [0.25, 0.3) is 15.9 Å². The zero-order chi connectivity index (χ0) is 18.4. The monoisotopic (exact) mass is 395 g/mol. The Morgan fingerprint density at radius 3 is 2.78 bits per heavy atom. The molecule has 1 aliphatic rings. The van der Waals surface area contributed by atoms with E-state index in [2.05, 4.69) is 20.4 Å². The molecule has 1 aliphatic carbocycles. The van der Waals surface area contributed by atoms with Crippen molar-refractivity contribution in [2.24, 2.45) is 0 Å². The van der Waals surface area contributed by atoms with Gasteiger partial charge in [-0.2, -0.15) is 5.10 Å². The van der Waals surface area contributed by atoms with Gasteiger partial charge in [-0.25, -0.2) is 14.6 Å². The summed E-state index contributed by atoms with van der Waals surface area (Å²) in [7, 11) is 0. The average molecular weight is 396 g/mol. The molecule has 1 aromatic carbocycles. The lowest BCUT2D eigenvalue weighted by Crippen LogP contribution is -2.05. The average Bonchev–Trinajstić information content (AvgIpc) is 3.23. The second kappa shape index (κ2) is 6.62. The maximum absolute atomic E-state index is 6.03. The Morgan fingerprint density at radius 1 is 1.11 bits per heavy atom. The third-order valence-corrected chi connectivity index (χ3v) is 6.35. The molecule has 0 unspecified atom stereocenters. The van der Waals surface area contributed by atoms with E-state index in [-0.39, 0.29) is 0 Å². The first-order valence-electron chi connectivity index (χ1n) is 9.04. The summed E-state index contributed by atoms with van der Waals surface area (Å²) in [6.07, 6.45) is 6.39. The number of aromatic nitrogens is 4. The van der Waals surface area contributed by atoms with Crippen LogP contribution in [-0.4, -0.2) is 19.7 Å². The first kappa shape index (κ1) is 16.7. The third-order valence-electron chi connectivity index (χ3n) is 4.90. The predicted octanol–water partition coefficient (Wildman–Crippen LogP) is 5.46. The van der Waals surface area contributed by atoms with Gasteiger partial charge in [-0.05, 0) is 62.4 Å². The zero-order valence-corrected chi connectivity index (χ0v) is 16.4. The molecule has 0 fully saturated rings. The minimum absolute atomic E-state index is 0.708. The fraction of sp³-hybridized carbons (Fsp3) is 0.250. The molecular formula is C20H18ClN5S. The van der Waals surface area contributed by atoms with Crippen LogP contribution in [0.4, 0.5) is 11.6 Å². The lowest BCUT2D eigenvalue weighted by Gasteiger charge is -2.13. The smallest absolute Gasteiger partial charge is 0.144 e. The van der Waals surface area contributed by atoms with E-state index in [0.29, 0.717) is 5.02 Å². The highest BCUT2D eigenvalue weighted by atomic mass is 35.5. The number of anilines is 2. The van der Waals surface area contributed by atoms with Gasteiger partial charge >= 0.3 is 0 Å². The van der Waals surface area contributed by atoms with Crippen molar-refractivity contribution >= 4 is 44.8 Å². The summed E-state index contributed by atoms with van der Waals surface area (Å²) in [6.45, 7) is 1.99. The molecule has 136 valence electrons. The van der Waals surface area contributed by atoms with Crippen LogP contribution in [0, 0.1) is 6.92 Å². The van der Waals surface area contributed by atoms with E-state index in [4.69, 9.17) is 11.6 Å². The molecule has 3 heterocycles. The maximum Gasteiger partial charge on any atom is 0.144 e. The highest BCUT2D eigenvalue weighted by Crippen LogP contribution is 2.39. The molecule has 7 heteroatoms. The second-order valence-corrected chi connectivity index (χ2v) is 8.32. The molecule has 3 aromatic heterocycles. The van der Waals surface area contributed by atoms with E-state index in [1.165, 1.54) is 28.7 Å². The van der Waals surface area contributed by atoms with Crippen molar-refractivity contribution in [3.05, 3.63) is 57.8 Å². The van der Waals surface area contributed by atoms with E-state index < -0.39 is 0 Å². The topological polar surface area (TPSA) is 55.6 Å². The van der Waals surface area contributed by atoms with Gasteiger partial charge in [0.1, 0.15) is 22.8 Å². The molecule has 0 radical (unpaired) electrons.